The third-order valence-corrected chi connectivity index (χ3v) is 2.32. The first-order valence-corrected chi connectivity index (χ1v) is 5.51. The van der Waals surface area contributed by atoms with Crippen molar-refractivity contribution in [1.82, 2.24) is 5.32 Å². The molecule has 0 aliphatic carbocycles. The Hall–Kier alpha value is -1.94. The number of azide groups is 1. The van der Waals surface area contributed by atoms with E-state index >= 15 is 0 Å². The minimum Gasteiger partial charge on any atom is -0.466 e. The van der Waals surface area contributed by atoms with Crippen LogP contribution in [0.25, 0.3) is 10.4 Å². The van der Waals surface area contributed by atoms with Gasteiger partial charge in [0.1, 0.15) is 11.5 Å². The minimum absolute atomic E-state index is 0.122. The maximum atomic E-state index is 11.7. The van der Waals surface area contributed by atoms with Crippen molar-refractivity contribution in [3.63, 3.8) is 0 Å². The van der Waals surface area contributed by atoms with Gasteiger partial charge in [0.05, 0.1) is 5.56 Å². The maximum absolute atomic E-state index is 11.7. The lowest BCUT2D eigenvalue weighted by molar-refractivity contribution is 0.0951. The molecule has 0 saturated heterocycles. The van der Waals surface area contributed by atoms with Crippen molar-refractivity contribution in [1.29, 1.82) is 0 Å². The number of nitrogens with zero attached hydrogens (tertiary/aromatic N) is 3. The molecule has 1 N–H and O–H groups in total. The van der Waals surface area contributed by atoms with E-state index in [4.69, 9.17) is 9.95 Å². The van der Waals surface area contributed by atoms with Crippen LogP contribution in [0, 0.1) is 13.8 Å². The third kappa shape index (κ3) is 4.20. The molecule has 17 heavy (non-hydrogen) atoms. The van der Waals surface area contributed by atoms with Crippen molar-refractivity contribution in [2.24, 2.45) is 5.11 Å². The first-order chi connectivity index (χ1) is 8.15. The molecule has 6 heteroatoms. The zero-order valence-electron chi connectivity index (χ0n) is 10.1. The molecule has 0 saturated carbocycles. The molecule has 0 radical (unpaired) electrons. The predicted octanol–water partition coefficient (Wildman–Crippen LogP) is 2.72. The van der Waals surface area contributed by atoms with E-state index in [9.17, 15) is 4.79 Å². The zero-order chi connectivity index (χ0) is 12.7. The van der Waals surface area contributed by atoms with Gasteiger partial charge in [-0.25, -0.2) is 0 Å². The van der Waals surface area contributed by atoms with Crippen molar-refractivity contribution in [2.75, 3.05) is 13.1 Å². The molecular formula is C11H16N4O2. The van der Waals surface area contributed by atoms with Crippen LogP contribution in [0.3, 0.4) is 0 Å². The molecule has 0 spiro atoms. The Labute approximate surface area is 99.6 Å². The first kappa shape index (κ1) is 13.1. The summed E-state index contributed by atoms with van der Waals surface area (Å²) in [5.41, 5.74) is 8.65. The van der Waals surface area contributed by atoms with Crippen LogP contribution in [0.4, 0.5) is 0 Å². The number of hydrogen-bond donors (Lipinski definition) is 1. The van der Waals surface area contributed by atoms with Gasteiger partial charge in [0.15, 0.2) is 0 Å². The summed E-state index contributed by atoms with van der Waals surface area (Å²) in [6.45, 7) is 4.62. The van der Waals surface area contributed by atoms with Gasteiger partial charge in [0.25, 0.3) is 5.91 Å². The maximum Gasteiger partial charge on any atom is 0.254 e. The Morgan fingerprint density at radius 3 is 2.88 bits per heavy atom. The fourth-order valence-electron chi connectivity index (χ4n) is 1.51. The van der Waals surface area contributed by atoms with Gasteiger partial charge in [0, 0.05) is 18.0 Å². The third-order valence-electron chi connectivity index (χ3n) is 2.32. The summed E-state index contributed by atoms with van der Waals surface area (Å²) in [5.74, 6) is 1.24. The number of carbonyl (C=O) groups is 1. The average molecular weight is 236 g/mol. The van der Waals surface area contributed by atoms with E-state index in [1.54, 1.807) is 13.0 Å². The zero-order valence-corrected chi connectivity index (χ0v) is 10.1. The van der Waals surface area contributed by atoms with E-state index in [1.165, 1.54) is 0 Å². The number of aryl methyl sites for hydroxylation is 2. The number of rotatable bonds is 6. The molecule has 1 heterocycles. The van der Waals surface area contributed by atoms with Crippen LogP contribution in [0.5, 0.6) is 0 Å². The first-order valence-electron chi connectivity index (χ1n) is 5.51. The molecule has 1 aromatic rings. The molecule has 0 aliphatic rings. The second kappa shape index (κ2) is 6.60. The van der Waals surface area contributed by atoms with Crippen LogP contribution in [-0.4, -0.2) is 19.0 Å². The highest BCUT2D eigenvalue weighted by Crippen LogP contribution is 2.13. The summed E-state index contributed by atoms with van der Waals surface area (Å²) < 4.78 is 5.28. The summed E-state index contributed by atoms with van der Waals surface area (Å²) >= 11 is 0. The Morgan fingerprint density at radius 2 is 2.29 bits per heavy atom. The molecule has 92 valence electrons. The Bertz CT molecular complexity index is 433. The average Bonchev–Trinajstić information content (AvgIpc) is 2.62. The van der Waals surface area contributed by atoms with Gasteiger partial charge in [-0.05, 0) is 38.3 Å². The van der Waals surface area contributed by atoms with E-state index in [0.29, 0.717) is 24.4 Å². The summed E-state index contributed by atoms with van der Waals surface area (Å²) in [6.07, 6.45) is 1.56. The van der Waals surface area contributed by atoms with Crippen LogP contribution in [0.15, 0.2) is 15.6 Å². The van der Waals surface area contributed by atoms with Crippen LogP contribution in [0.2, 0.25) is 0 Å². The number of carbonyl (C=O) groups excluding carboxylic acids is 1. The highest BCUT2D eigenvalue weighted by Gasteiger charge is 2.12. The number of amides is 1. The Balaban J connectivity index is 2.30. The molecule has 0 fully saturated rings. The highest BCUT2D eigenvalue weighted by atomic mass is 16.3. The number of furan rings is 1. The summed E-state index contributed by atoms with van der Waals surface area (Å²) in [5, 5.41) is 6.21. The Kier molecular flexibility index (Phi) is 5.10. The van der Waals surface area contributed by atoms with Crippen molar-refractivity contribution in [3.8, 4) is 0 Å². The summed E-state index contributed by atoms with van der Waals surface area (Å²) in [6, 6.07) is 1.73. The van der Waals surface area contributed by atoms with Gasteiger partial charge in [-0.15, -0.1) is 0 Å². The van der Waals surface area contributed by atoms with Gasteiger partial charge < -0.3 is 9.73 Å². The molecule has 1 rings (SSSR count). The fraction of sp³-hybridized carbons (Fsp3) is 0.545. The van der Waals surface area contributed by atoms with E-state index in [1.807, 2.05) is 6.92 Å². The van der Waals surface area contributed by atoms with Gasteiger partial charge in [-0.3, -0.25) is 4.79 Å². The van der Waals surface area contributed by atoms with Gasteiger partial charge in [-0.1, -0.05) is 5.11 Å². The predicted molar refractivity (Wildman–Crippen MR) is 63.8 cm³/mol. The Morgan fingerprint density at radius 1 is 1.53 bits per heavy atom. The van der Waals surface area contributed by atoms with Gasteiger partial charge in [0.2, 0.25) is 0 Å². The number of nitrogens with one attached hydrogen (secondary N) is 1. The van der Waals surface area contributed by atoms with Crippen molar-refractivity contribution in [2.45, 2.75) is 26.7 Å². The molecule has 0 bridgehead atoms. The molecule has 0 atom stereocenters. The number of unbranched alkanes of at least 4 members (excludes halogenated alkanes) is 1. The smallest absolute Gasteiger partial charge is 0.254 e. The van der Waals surface area contributed by atoms with Gasteiger partial charge in [-0.2, -0.15) is 0 Å². The molecule has 0 unspecified atom stereocenters. The number of hydrogen-bond acceptors (Lipinski definition) is 3. The standard InChI is InChI=1S/C11H16N4O2/c1-8-7-10(9(2)17-8)11(16)13-5-3-4-6-14-15-12/h7H,3-6H2,1-2H3,(H,13,16). The lowest BCUT2D eigenvalue weighted by Gasteiger charge is -2.02. The monoisotopic (exact) mass is 236 g/mol. The van der Waals surface area contributed by atoms with Crippen molar-refractivity contribution < 1.29 is 9.21 Å². The van der Waals surface area contributed by atoms with E-state index < -0.39 is 0 Å². The van der Waals surface area contributed by atoms with Crippen molar-refractivity contribution in [3.05, 3.63) is 33.6 Å². The lowest BCUT2D eigenvalue weighted by Crippen LogP contribution is -2.24. The minimum atomic E-state index is -0.122. The van der Waals surface area contributed by atoms with Crippen LogP contribution in [-0.2, 0) is 0 Å². The second-order valence-corrected chi connectivity index (χ2v) is 3.74. The van der Waals surface area contributed by atoms with Crippen LogP contribution >= 0.6 is 0 Å². The van der Waals surface area contributed by atoms with E-state index in [2.05, 4.69) is 15.3 Å². The lowest BCUT2D eigenvalue weighted by atomic mass is 10.2. The topological polar surface area (TPSA) is 91.0 Å². The second-order valence-electron chi connectivity index (χ2n) is 3.74. The largest absolute Gasteiger partial charge is 0.466 e. The molecule has 6 nitrogen and oxygen atoms in total. The SMILES string of the molecule is Cc1cc(C(=O)NCCCCN=[N+]=[N-])c(C)o1. The van der Waals surface area contributed by atoms with E-state index in [0.717, 1.165) is 18.6 Å². The molecule has 0 aromatic carbocycles. The van der Waals surface area contributed by atoms with Crippen LogP contribution < -0.4 is 5.32 Å². The molecule has 1 amide bonds. The normalized spacial score (nSPS) is 9.76. The molecule has 0 aliphatic heterocycles. The highest BCUT2D eigenvalue weighted by molar-refractivity contribution is 5.95. The van der Waals surface area contributed by atoms with Gasteiger partial charge >= 0.3 is 0 Å². The fourth-order valence-corrected chi connectivity index (χ4v) is 1.51. The summed E-state index contributed by atoms with van der Waals surface area (Å²) in [7, 11) is 0. The van der Waals surface area contributed by atoms with Crippen LogP contribution in [0.1, 0.15) is 34.7 Å². The molecular weight excluding hydrogens is 220 g/mol. The van der Waals surface area contributed by atoms with Crippen molar-refractivity contribution >= 4 is 5.91 Å². The molecule has 1 aromatic heterocycles. The summed E-state index contributed by atoms with van der Waals surface area (Å²) in [4.78, 5) is 14.4. The van der Waals surface area contributed by atoms with E-state index in [-0.39, 0.29) is 5.91 Å². The quantitative estimate of drug-likeness (QED) is 0.356.